The first kappa shape index (κ1) is 14.0. The van der Waals surface area contributed by atoms with E-state index < -0.39 is 0 Å². The summed E-state index contributed by atoms with van der Waals surface area (Å²) in [5.41, 5.74) is 2.91. The number of hydrogen-bond acceptors (Lipinski definition) is 3. The highest BCUT2D eigenvalue weighted by atomic mass is 19.1. The molecule has 0 aliphatic rings. The van der Waals surface area contributed by atoms with Crippen LogP contribution in [0.2, 0.25) is 0 Å². The lowest BCUT2D eigenvalue weighted by Gasteiger charge is -2.22. The molecule has 0 saturated heterocycles. The van der Waals surface area contributed by atoms with Crippen molar-refractivity contribution in [3.63, 3.8) is 0 Å². The van der Waals surface area contributed by atoms with Crippen LogP contribution in [0.1, 0.15) is 16.7 Å². The van der Waals surface area contributed by atoms with Crippen LogP contribution in [0.25, 0.3) is 0 Å². The lowest BCUT2D eigenvalue weighted by Crippen LogP contribution is -2.18. The van der Waals surface area contributed by atoms with Crippen molar-refractivity contribution in [1.82, 2.24) is 0 Å². The van der Waals surface area contributed by atoms with E-state index >= 15 is 0 Å². The maximum Gasteiger partial charge on any atom is 0.123 e. The summed E-state index contributed by atoms with van der Waals surface area (Å²) in [5, 5.41) is 18.2. The van der Waals surface area contributed by atoms with Crippen LogP contribution < -0.4 is 4.90 Å². The Balaban J connectivity index is 2.23. The van der Waals surface area contributed by atoms with Gasteiger partial charge in [0.2, 0.25) is 0 Å². The van der Waals surface area contributed by atoms with Crippen molar-refractivity contribution in [2.75, 3.05) is 11.9 Å². The lowest BCUT2D eigenvalue weighted by atomic mass is 10.1. The summed E-state index contributed by atoms with van der Waals surface area (Å²) in [7, 11) is 1.87. The molecule has 0 fully saturated rings. The van der Waals surface area contributed by atoms with Gasteiger partial charge in [0.1, 0.15) is 5.82 Å². The summed E-state index contributed by atoms with van der Waals surface area (Å²) < 4.78 is 13.2. The predicted octanol–water partition coefficient (Wildman–Crippen LogP) is 2.83. The van der Waals surface area contributed by atoms with Crippen molar-refractivity contribution < 1.29 is 9.50 Å². The molecule has 0 aliphatic carbocycles. The van der Waals surface area contributed by atoms with E-state index in [0.717, 1.165) is 11.3 Å². The van der Waals surface area contributed by atoms with Crippen LogP contribution in [-0.4, -0.2) is 12.2 Å². The van der Waals surface area contributed by atoms with Gasteiger partial charge in [-0.05, 0) is 35.9 Å². The zero-order valence-electron chi connectivity index (χ0n) is 11.2. The van der Waals surface area contributed by atoms with Crippen molar-refractivity contribution in [3.8, 4) is 6.07 Å². The second-order valence-corrected chi connectivity index (χ2v) is 4.60. The van der Waals surface area contributed by atoms with Gasteiger partial charge in [0.15, 0.2) is 0 Å². The Morgan fingerprint density at radius 1 is 1.25 bits per heavy atom. The zero-order chi connectivity index (χ0) is 14.5. The molecule has 0 bridgehead atoms. The van der Waals surface area contributed by atoms with Gasteiger partial charge in [0, 0.05) is 24.8 Å². The van der Waals surface area contributed by atoms with Gasteiger partial charge in [0.25, 0.3) is 0 Å². The first-order valence-electron chi connectivity index (χ1n) is 6.23. The maximum atomic E-state index is 13.2. The molecule has 0 aliphatic heterocycles. The number of anilines is 1. The van der Waals surface area contributed by atoms with Gasteiger partial charge in [-0.25, -0.2) is 4.39 Å². The Hall–Kier alpha value is -2.38. The fraction of sp³-hybridized carbons (Fsp3) is 0.188. The minimum absolute atomic E-state index is 0.213. The molecule has 20 heavy (non-hydrogen) atoms. The fourth-order valence-corrected chi connectivity index (χ4v) is 2.15. The van der Waals surface area contributed by atoms with Crippen LogP contribution >= 0.6 is 0 Å². The predicted molar refractivity (Wildman–Crippen MR) is 75.6 cm³/mol. The number of aliphatic hydroxyl groups excluding tert-OH is 1. The molecule has 102 valence electrons. The largest absolute Gasteiger partial charge is 0.392 e. The topological polar surface area (TPSA) is 47.3 Å². The van der Waals surface area contributed by atoms with Gasteiger partial charge in [-0.2, -0.15) is 5.26 Å². The van der Waals surface area contributed by atoms with E-state index in [2.05, 4.69) is 6.07 Å². The van der Waals surface area contributed by atoms with Crippen LogP contribution in [0.4, 0.5) is 10.1 Å². The second-order valence-electron chi connectivity index (χ2n) is 4.60. The fourth-order valence-electron chi connectivity index (χ4n) is 2.15. The van der Waals surface area contributed by atoms with Crippen LogP contribution in [0.5, 0.6) is 0 Å². The highest BCUT2D eigenvalue weighted by molar-refractivity contribution is 5.53. The quantitative estimate of drug-likeness (QED) is 0.929. The summed E-state index contributed by atoms with van der Waals surface area (Å²) in [6.07, 6.45) is 0. The Kier molecular flexibility index (Phi) is 4.34. The highest BCUT2D eigenvalue weighted by Gasteiger charge is 2.09. The van der Waals surface area contributed by atoms with Crippen LogP contribution in [0.15, 0.2) is 42.5 Å². The van der Waals surface area contributed by atoms with Gasteiger partial charge in [-0.3, -0.25) is 0 Å². The Morgan fingerprint density at radius 3 is 2.75 bits per heavy atom. The number of halogens is 1. The van der Waals surface area contributed by atoms with Crippen LogP contribution in [0.3, 0.4) is 0 Å². The molecule has 0 spiro atoms. The van der Waals surface area contributed by atoms with Crippen molar-refractivity contribution >= 4 is 5.69 Å². The van der Waals surface area contributed by atoms with E-state index in [4.69, 9.17) is 5.26 Å². The minimum Gasteiger partial charge on any atom is -0.392 e. The molecule has 0 amide bonds. The zero-order valence-corrected chi connectivity index (χ0v) is 11.2. The van der Waals surface area contributed by atoms with Crippen LogP contribution in [0, 0.1) is 17.1 Å². The average Bonchev–Trinajstić information content (AvgIpc) is 2.47. The summed E-state index contributed by atoms with van der Waals surface area (Å²) in [6, 6.07) is 13.8. The van der Waals surface area contributed by atoms with Gasteiger partial charge in [-0.15, -0.1) is 0 Å². The molecule has 2 aromatic carbocycles. The van der Waals surface area contributed by atoms with E-state index in [1.54, 1.807) is 12.1 Å². The third-order valence-corrected chi connectivity index (χ3v) is 3.10. The van der Waals surface area contributed by atoms with Crippen molar-refractivity contribution in [2.45, 2.75) is 13.2 Å². The summed E-state index contributed by atoms with van der Waals surface area (Å²) in [6.45, 7) is 0.365. The number of hydrogen-bond donors (Lipinski definition) is 1. The highest BCUT2D eigenvalue weighted by Crippen LogP contribution is 2.22. The van der Waals surface area contributed by atoms with Gasteiger partial charge >= 0.3 is 0 Å². The molecule has 0 saturated carbocycles. The maximum absolute atomic E-state index is 13.2. The first-order chi connectivity index (χ1) is 9.63. The Labute approximate surface area is 117 Å². The summed E-state index contributed by atoms with van der Waals surface area (Å²) in [4.78, 5) is 1.92. The van der Waals surface area contributed by atoms with Crippen molar-refractivity contribution in [2.24, 2.45) is 0 Å². The molecular weight excluding hydrogens is 255 g/mol. The lowest BCUT2D eigenvalue weighted by molar-refractivity contribution is 0.281. The molecule has 4 heteroatoms. The molecule has 1 N–H and O–H groups in total. The molecular formula is C16H15FN2O. The molecule has 2 aromatic rings. The molecule has 0 heterocycles. The van der Waals surface area contributed by atoms with Gasteiger partial charge in [-0.1, -0.05) is 12.1 Å². The minimum atomic E-state index is -0.363. The molecule has 0 unspecified atom stereocenters. The standard InChI is InChI=1S/C16H15FN2O/c1-19(10-13-4-2-3-12(7-13)9-18)16-6-5-15(17)8-14(16)11-20/h2-8,20H,10-11H2,1H3. The molecule has 2 rings (SSSR count). The van der Waals surface area contributed by atoms with E-state index in [-0.39, 0.29) is 12.4 Å². The molecule has 0 atom stereocenters. The first-order valence-corrected chi connectivity index (χ1v) is 6.23. The Bertz CT molecular complexity index is 649. The smallest absolute Gasteiger partial charge is 0.123 e. The van der Waals surface area contributed by atoms with E-state index in [9.17, 15) is 9.50 Å². The number of nitriles is 1. The van der Waals surface area contributed by atoms with Crippen LogP contribution in [-0.2, 0) is 13.2 Å². The number of aliphatic hydroxyl groups is 1. The van der Waals surface area contributed by atoms with Gasteiger partial charge in [0.05, 0.1) is 18.2 Å². The Morgan fingerprint density at radius 2 is 2.05 bits per heavy atom. The van der Waals surface area contributed by atoms with E-state index in [1.807, 2.05) is 30.1 Å². The van der Waals surface area contributed by atoms with E-state index in [1.165, 1.54) is 12.1 Å². The third kappa shape index (κ3) is 3.14. The third-order valence-electron chi connectivity index (χ3n) is 3.10. The molecule has 0 aromatic heterocycles. The molecule has 3 nitrogen and oxygen atoms in total. The van der Waals surface area contributed by atoms with Crippen molar-refractivity contribution in [1.29, 1.82) is 5.26 Å². The normalized spacial score (nSPS) is 10.1. The SMILES string of the molecule is CN(Cc1cccc(C#N)c1)c1ccc(F)cc1CO. The van der Waals surface area contributed by atoms with Crippen molar-refractivity contribution in [3.05, 3.63) is 65.0 Å². The van der Waals surface area contributed by atoms with Gasteiger partial charge < -0.3 is 10.0 Å². The summed E-state index contributed by atoms with van der Waals surface area (Å²) >= 11 is 0. The second kappa shape index (κ2) is 6.18. The number of nitrogens with zero attached hydrogens (tertiary/aromatic N) is 2. The number of rotatable bonds is 4. The monoisotopic (exact) mass is 270 g/mol. The average molecular weight is 270 g/mol. The summed E-state index contributed by atoms with van der Waals surface area (Å²) in [5.74, 6) is -0.363. The number of benzene rings is 2. The molecule has 0 radical (unpaired) electrons. The van der Waals surface area contributed by atoms with E-state index in [0.29, 0.717) is 17.7 Å².